The molecule has 3 heterocycles. The van der Waals surface area contributed by atoms with Gasteiger partial charge in [0.2, 0.25) is 11.6 Å². The number of para-hydroxylation sites is 1. The number of aliphatic hydroxyl groups is 1. The third-order valence-electron chi connectivity index (χ3n) is 4.69. The number of esters is 1. The van der Waals surface area contributed by atoms with Crippen LogP contribution in [0.15, 0.2) is 24.3 Å². The first-order valence-electron chi connectivity index (χ1n) is 9.12. The molecule has 2 aromatic heterocycles. The maximum absolute atomic E-state index is 11.3. The van der Waals surface area contributed by atoms with Gasteiger partial charge >= 0.3 is 5.97 Å². The van der Waals surface area contributed by atoms with Crippen molar-refractivity contribution in [1.29, 1.82) is 0 Å². The number of aromatic nitrogens is 5. The van der Waals surface area contributed by atoms with Crippen molar-refractivity contribution in [3.8, 4) is 5.75 Å². The second-order valence-corrected chi connectivity index (χ2v) is 6.59. The predicted molar refractivity (Wildman–Crippen MR) is 102 cm³/mol. The van der Waals surface area contributed by atoms with Crippen molar-refractivity contribution >= 4 is 28.9 Å². The molecule has 0 spiro atoms. The molecule has 146 valence electrons. The van der Waals surface area contributed by atoms with Crippen molar-refractivity contribution < 1.29 is 14.6 Å². The van der Waals surface area contributed by atoms with Gasteiger partial charge in [-0.3, -0.25) is 4.79 Å². The topological polar surface area (TPSA) is 129 Å². The van der Waals surface area contributed by atoms with Crippen molar-refractivity contribution in [2.45, 2.75) is 32.4 Å². The van der Waals surface area contributed by atoms with E-state index in [4.69, 9.17) is 4.74 Å². The Labute approximate surface area is 160 Å². The molecule has 1 fully saturated rings. The number of nitrogens with one attached hydrogen (secondary N) is 2. The maximum Gasteiger partial charge on any atom is 0.308 e. The van der Waals surface area contributed by atoms with Gasteiger partial charge in [0.15, 0.2) is 11.3 Å². The predicted octanol–water partition coefficient (Wildman–Crippen LogP) is 1.25. The molecule has 0 saturated carbocycles. The smallest absolute Gasteiger partial charge is 0.308 e. The summed E-state index contributed by atoms with van der Waals surface area (Å²) >= 11 is 0. The van der Waals surface area contributed by atoms with Crippen LogP contribution < -0.4 is 15.0 Å². The molecular weight excluding hydrogens is 362 g/mol. The lowest BCUT2D eigenvalue weighted by Gasteiger charge is -2.23. The molecule has 4 rings (SSSR count). The van der Waals surface area contributed by atoms with Crippen LogP contribution in [0.1, 0.15) is 25.3 Å². The lowest BCUT2D eigenvalue weighted by atomic mass is 10.2. The van der Waals surface area contributed by atoms with E-state index in [2.05, 4.69) is 30.7 Å². The van der Waals surface area contributed by atoms with Gasteiger partial charge in [0.25, 0.3) is 0 Å². The summed E-state index contributed by atoms with van der Waals surface area (Å²) in [5.41, 5.74) is 1.78. The van der Waals surface area contributed by atoms with Crippen LogP contribution >= 0.6 is 0 Å². The lowest BCUT2D eigenvalue weighted by molar-refractivity contribution is -0.131. The number of benzene rings is 1. The molecule has 1 aliphatic rings. The molecule has 3 aromatic rings. The first-order chi connectivity index (χ1) is 13.7. The number of carbonyl (C=O) groups excluding carboxylic acids is 1. The molecule has 28 heavy (non-hydrogen) atoms. The highest BCUT2D eigenvalue weighted by Crippen LogP contribution is 2.27. The van der Waals surface area contributed by atoms with Crippen molar-refractivity contribution in [3.05, 3.63) is 29.8 Å². The number of anilines is 2. The van der Waals surface area contributed by atoms with E-state index in [-0.39, 0.29) is 18.6 Å². The first-order valence-corrected chi connectivity index (χ1v) is 9.12. The largest absolute Gasteiger partial charge is 0.426 e. The molecule has 1 aliphatic heterocycles. The molecule has 3 N–H and O–H groups in total. The fraction of sp³-hybridized carbons (Fsp3) is 0.389. The summed E-state index contributed by atoms with van der Waals surface area (Å²) in [7, 11) is 0. The van der Waals surface area contributed by atoms with E-state index in [9.17, 15) is 9.90 Å². The Morgan fingerprint density at radius 2 is 2.21 bits per heavy atom. The van der Waals surface area contributed by atoms with Crippen LogP contribution in [0.3, 0.4) is 0 Å². The van der Waals surface area contributed by atoms with Gasteiger partial charge in [0.05, 0.1) is 12.6 Å². The third kappa shape index (κ3) is 3.58. The van der Waals surface area contributed by atoms with Crippen molar-refractivity contribution in [2.24, 2.45) is 0 Å². The van der Waals surface area contributed by atoms with Crippen LogP contribution in [0.4, 0.5) is 11.8 Å². The van der Waals surface area contributed by atoms with Gasteiger partial charge in [-0.2, -0.15) is 20.3 Å². The zero-order valence-corrected chi connectivity index (χ0v) is 15.4. The molecule has 0 aliphatic carbocycles. The molecule has 1 aromatic carbocycles. The summed E-state index contributed by atoms with van der Waals surface area (Å²) in [6, 6.07) is 7.29. The molecule has 10 nitrogen and oxygen atoms in total. The van der Waals surface area contributed by atoms with Crippen LogP contribution in [-0.4, -0.2) is 55.6 Å². The number of H-pyrrole nitrogens is 1. The van der Waals surface area contributed by atoms with E-state index in [1.807, 2.05) is 23.1 Å². The molecule has 0 radical (unpaired) electrons. The fourth-order valence-corrected chi connectivity index (χ4v) is 3.36. The maximum atomic E-state index is 11.3. The Hall–Kier alpha value is -3.27. The average molecular weight is 383 g/mol. The number of aliphatic hydroxyl groups excluding tert-OH is 1. The highest BCUT2D eigenvalue weighted by atomic mass is 16.5. The number of fused-ring (bicyclic) bond motifs is 1. The molecule has 1 atom stereocenters. The number of nitrogens with zero attached hydrogens (tertiary/aromatic N) is 5. The minimum absolute atomic E-state index is 0.00175. The van der Waals surface area contributed by atoms with Crippen molar-refractivity contribution in [3.63, 3.8) is 0 Å². The molecule has 1 saturated heterocycles. The zero-order valence-electron chi connectivity index (χ0n) is 15.4. The van der Waals surface area contributed by atoms with Crippen LogP contribution in [0, 0.1) is 0 Å². The van der Waals surface area contributed by atoms with E-state index in [1.54, 1.807) is 6.07 Å². The van der Waals surface area contributed by atoms with Gasteiger partial charge in [-0.1, -0.05) is 18.2 Å². The van der Waals surface area contributed by atoms with Crippen LogP contribution in [-0.2, 0) is 11.3 Å². The van der Waals surface area contributed by atoms with E-state index in [0.717, 1.165) is 24.9 Å². The summed E-state index contributed by atoms with van der Waals surface area (Å²) in [5, 5.41) is 23.7. The van der Waals surface area contributed by atoms with Crippen LogP contribution in [0.2, 0.25) is 0 Å². The molecule has 10 heteroatoms. The van der Waals surface area contributed by atoms with E-state index < -0.39 is 0 Å². The zero-order chi connectivity index (χ0) is 19.5. The summed E-state index contributed by atoms with van der Waals surface area (Å²) in [6.07, 6.45) is 1.87. The standard InChI is InChI=1S/C18H21N7O3/c1-11(27)28-14-7-3-2-5-12(14)9-19-16-15-17(23-24-22-15)21-18(20-16)25-8-4-6-13(25)10-26/h2-3,5,7,13,26H,4,6,8-10H2,1H3,(H2,19,20,21,22,23,24). The SMILES string of the molecule is CC(=O)Oc1ccccc1CNc1nc(N2CCCC2CO)nc2n[nH]nc12. The highest BCUT2D eigenvalue weighted by molar-refractivity contribution is 5.83. The molecule has 0 bridgehead atoms. The van der Waals surface area contributed by atoms with Gasteiger partial charge in [-0.05, 0) is 18.9 Å². The van der Waals surface area contributed by atoms with Gasteiger partial charge in [-0.25, -0.2) is 0 Å². The number of ether oxygens (including phenoxy) is 1. The number of hydrogen-bond donors (Lipinski definition) is 3. The normalized spacial score (nSPS) is 16.5. The Morgan fingerprint density at radius 1 is 1.36 bits per heavy atom. The summed E-state index contributed by atoms with van der Waals surface area (Å²) in [6.45, 7) is 2.58. The Bertz CT molecular complexity index is 990. The second-order valence-electron chi connectivity index (χ2n) is 6.59. The van der Waals surface area contributed by atoms with E-state index in [0.29, 0.717) is 35.2 Å². The van der Waals surface area contributed by atoms with Gasteiger partial charge < -0.3 is 20.1 Å². The number of carbonyl (C=O) groups is 1. The molecular formula is C18H21N7O3. The quantitative estimate of drug-likeness (QED) is 0.425. The molecule has 1 unspecified atom stereocenters. The molecule has 0 amide bonds. The number of aromatic amines is 1. The fourth-order valence-electron chi connectivity index (χ4n) is 3.36. The Morgan fingerprint density at radius 3 is 3.04 bits per heavy atom. The third-order valence-corrected chi connectivity index (χ3v) is 4.69. The number of rotatable bonds is 6. The lowest BCUT2D eigenvalue weighted by Crippen LogP contribution is -2.33. The minimum atomic E-state index is -0.375. The van der Waals surface area contributed by atoms with Crippen molar-refractivity contribution in [2.75, 3.05) is 23.4 Å². The van der Waals surface area contributed by atoms with Gasteiger partial charge in [-0.15, -0.1) is 5.10 Å². The van der Waals surface area contributed by atoms with Crippen LogP contribution in [0.25, 0.3) is 11.2 Å². The number of hydrogen-bond acceptors (Lipinski definition) is 9. The van der Waals surface area contributed by atoms with Crippen molar-refractivity contribution in [1.82, 2.24) is 25.4 Å². The average Bonchev–Trinajstić information content (AvgIpc) is 3.35. The van der Waals surface area contributed by atoms with Crippen LogP contribution in [0.5, 0.6) is 5.75 Å². The summed E-state index contributed by atoms with van der Waals surface area (Å²) in [5.74, 6) is 1.15. The van der Waals surface area contributed by atoms with Gasteiger partial charge in [0.1, 0.15) is 5.75 Å². The Balaban J connectivity index is 1.62. The summed E-state index contributed by atoms with van der Waals surface area (Å²) < 4.78 is 5.26. The first kappa shape index (κ1) is 18.1. The summed E-state index contributed by atoms with van der Waals surface area (Å²) in [4.78, 5) is 22.4. The second kappa shape index (κ2) is 7.77. The monoisotopic (exact) mass is 383 g/mol. The van der Waals surface area contributed by atoms with Gasteiger partial charge in [0, 0.05) is 25.6 Å². The minimum Gasteiger partial charge on any atom is -0.426 e. The highest BCUT2D eigenvalue weighted by Gasteiger charge is 2.27. The van der Waals surface area contributed by atoms with E-state index >= 15 is 0 Å². The Kier molecular flexibility index (Phi) is 5.02. The van der Waals surface area contributed by atoms with E-state index in [1.165, 1.54) is 6.92 Å².